The number of guanidine groups is 1. The number of aliphatic imine (C=N–C) groups is 1. The van der Waals surface area contributed by atoms with Gasteiger partial charge in [0, 0.05) is 17.0 Å². The molecular formula is C15H23ClIN3. The highest BCUT2D eigenvalue weighted by atomic mass is 127. The van der Waals surface area contributed by atoms with E-state index in [0.717, 1.165) is 18.1 Å². The molecule has 112 valence electrons. The molecule has 0 aliphatic heterocycles. The Hall–Kier alpha value is -0.490. The Kier molecular flexibility index (Phi) is 6.58. The molecule has 1 aliphatic carbocycles. The van der Waals surface area contributed by atoms with E-state index < -0.39 is 0 Å². The summed E-state index contributed by atoms with van der Waals surface area (Å²) >= 11 is 5.92. The highest BCUT2D eigenvalue weighted by molar-refractivity contribution is 14.0. The van der Waals surface area contributed by atoms with E-state index >= 15 is 0 Å². The van der Waals surface area contributed by atoms with E-state index in [4.69, 9.17) is 17.3 Å². The third-order valence-electron chi connectivity index (χ3n) is 3.55. The van der Waals surface area contributed by atoms with Gasteiger partial charge in [0.2, 0.25) is 0 Å². The number of nitrogens with two attached hydrogens (primary N) is 1. The van der Waals surface area contributed by atoms with E-state index in [1.165, 1.54) is 18.4 Å². The molecule has 0 amide bonds. The molecule has 1 aliphatic rings. The quantitative estimate of drug-likeness (QED) is 0.445. The van der Waals surface area contributed by atoms with E-state index in [-0.39, 0.29) is 29.4 Å². The van der Waals surface area contributed by atoms with Crippen LogP contribution in [0.15, 0.2) is 29.3 Å². The summed E-state index contributed by atoms with van der Waals surface area (Å²) in [4.78, 5) is 4.48. The van der Waals surface area contributed by atoms with Crippen LogP contribution in [0.3, 0.4) is 0 Å². The van der Waals surface area contributed by atoms with Gasteiger partial charge in [-0.25, -0.2) is 0 Å². The molecule has 1 fully saturated rings. The van der Waals surface area contributed by atoms with Gasteiger partial charge in [0.25, 0.3) is 0 Å². The number of rotatable bonds is 5. The molecule has 3 nitrogen and oxygen atoms in total. The average molecular weight is 408 g/mol. The molecule has 0 radical (unpaired) electrons. The lowest BCUT2D eigenvalue weighted by Gasteiger charge is -2.14. The van der Waals surface area contributed by atoms with Gasteiger partial charge in [0.05, 0.1) is 6.54 Å². The first-order valence-corrected chi connectivity index (χ1v) is 7.19. The zero-order valence-corrected chi connectivity index (χ0v) is 15.1. The predicted octanol–water partition coefficient (Wildman–Crippen LogP) is 3.55. The van der Waals surface area contributed by atoms with Crippen molar-refractivity contribution in [1.82, 2.24) is 5.32 Å². The van der Waals surface area contributed by atoms with Gasteiger partial charge in [-0.15, -0.1) is 24.0 Å². The molecule has 20 heavy (non-hydrogen) atoms. The minimum Gasteiger partial charge on any atom is -0.370 e. The second kappa shape index (κ2) is 7.50. The van der Waals surface area contributed by atoms with E-state index in [9.17, 15) is 0 Å². The van der Waals surface area contributed by atoms with Crippen molar-refractivity contribution in [1.29, 1.82) is 0 Å². The minimum atomic E-state index is 0. The molecule has 5 heteroatoms. The number of benzene rings is 1. The van der Waals surface area contributed by atoms with Crippen LogP contribution in [-0.4, -0.2) is 19.0 Å². The van der Waals surface area contributed by atoms with Crippen LogP contribution < -0.4 is 11.1 Å². The second-order valence-electron chi connectivity index (χ2n) is 5.76. The Morgan fingerprint density at radius 3 is 2.45 bits per heavy atom. The normalized spacial score (nSPS) is 16.7. The van der Waals surface area contributed by atoms with Crippen LogP contribution in [-0.2, 0) is 5.41 Å². The molecule has 0 spiro atoms. The molecule has 1 saturated carbocycles. The number of nitrogens with zero attached hydrogens (tertiary/aromatic N) is 1. The largest absolute Gasteiger partial charge is 0.370 e. The van der Waals surface area contributed by atoms with Crippen LogP contribution in [0.1, 0.15) is 32.3 Å². The van der Waals surface area contributed by atoms with E-state index in [0.29, 0.717) is 11.9 Å². The highest BCUT2D eigenvalue weighted by Crippen LogP contribution is 2.48. The zero-order chi connectivity index (χ0) is 13.9. The monoisotopic (exact) mass is 407 g/mol. The van der Waals surface area contributed by atoms with Crippen LogP contribution >= 0.6 is 35.6 Å². The van der Waals surface area contributed by atoms with Gasteiger partial charge >= 0.3 is 0 Å². The molecule has 1 aromatic carbocycles. The lowest BCUT2D eigenvalue weighted by Crippen LogP contribution is -2.35. The summed E-state index contributed by atoms with van der Waals surface area (Å²) in [5.41, 5.74) is 7.38. The summed E-state index contributed by atoms with van der Waals surface area (Å²) in [5, 5.41) is 3.93. The molecular weight excluding hydrogens is 385 g/mol. The van der Waals surface area contributed by atoms with Gasteiger partial charge in [-0.05, 0) is 36.5 Å². The summed E-state index contributed by atoms with van der Waals surface area (Å²) < 4.78 is 0. The first-order valence-electron chi connectivity index (χ1n) is 6.82. The van der Waals surface area contributed by atoms with Crippen molar-refractivity contribution in [2.24, 2.45) is 16.6 Å². The maximum atomic E-state index is 5.92. The van der Waals surface area contributed by atoms with E-state index in [1.54, 1.807) is 0 Å². The first-order chi connectivity index (χ1) is 9.02. The van der Waals surface area contributed by atoms with Crippen molar-refractivity contribution in [3.8, 4) is 0 Å². The molecule has 3 N–H and O–H groups in total. The first kappa shape index (κ1) is 17.6. The number of halogens is 2. The standard InChI is InChI=1S/C15H22ClN3.HI/c1-11(2)9-18-14(17)19-10-15(7-8-15)12-3-5-13(16)6-4-12;/h3-6,11H,7-10H2,1-2H3,(H3,17,18,19);1H. The van der Waals surface area contributed by atoms with Crippen molar-refractivity contribution < 1.29 is 0 Å². The van der Waals surface area contributed by atoms with E-state index in [2.05, 4.69) is 36.3 Å². The molecule has 0 saturated heterocycles. The van der Waals surface area contributed by atoms with Crippen molar-refractivity contribution in [2.75, 3.05) is 13.1 Å². The number of hydrogen-bond donors (Lipinski definition) is 2. The van der Waals surface area contributed by atoms with Gasteiger partial charge in [-0.2, -0.15) is 0 Å². The SMILES string of the molecule is CC(C)CNC(N)=NCC1(c2ccc(Cl)cc2)CC1.I. The Morgan fingerprint density at radius 1 is 1.35 bits per heavy atom. The van der Waals surface area contributed by atoms with Gasteiger partial charge in [-0.1, -0.05) is 37.6 Å². The maximum Gasteiger partial charge on any atom is 0.188 e. The molecule has 0 aromatic heterocycles. The Balaban J connectivity index is 0.00000200. The van der Waals surface area contributed by atoms with Gasteiger partial charge < -0.3 is 11.1 Å². The van der Waals surface area contributed by atoms with Gasteiger partial charge in [0.1, 0.15) is 0 Å². The van der Waals surface area contributed by atoms with Gasteiger partial charge in [0.15, 0.2) is 5.96 Å². The second-order valence-corrected chi connectivity index (χ2v) is 6.20. The zero-order valence-electron chi connectivity index (χ0n) is 12.0. The molecule has 0 unspecified atom stereocenters. The number of nitrogens with one attached hydrogen (secondary N) is 1. The fourth-order valence-electron chi connectivity index (χ4n) is 2.09. The molecule has 0 bridgehead atoms. The lowest BCUT2D eigenvalue weighted by atomic mass is 9.96. The Bertz CT molecular complexity index is 453. The minimum absolute atomic E-state index is 0. The third-order valence-corrected chi connectivity index (χ3v) is 3.81. The fraction of sp³-hybridized carbons (Fsp3) is 0.533. The summed E-state index contributed by atoms with van der Waals surface area (Å²) in [6, 6.07) is 8.09. The van der Waals surface area contributed by atoms with Crippen LogP contribution in [0, 0.1) is 5.92 Å². The highest BCUT2D eigenvalue weighted by Gasteiger charge is 2.44. The molecule has 0 heterocycles. The summed E-state index contributed by atoms with van der Waals surface area (Å²) in [6.45, 7) is 5.92. The Morgan fingerprint density at radius 2 is 1.95 bits per heavy atom. The van der Waals surface area contributed by atoms with Crippen LogP contribution in [0.25, 0.3) is 0 Å². The third kappa shape index (κ3) is 4.81. The number of hydrogen-bond acceptors (Lipinski definition) is 1. The van der Waals surface area contributed by atoms with Crippen molar-refractivity contribution in [3.63, 3.8) is 0 Å². The molecule has 2 rings (SSSR count). The van der Waals surface area contributed by atoms with Crippen molar-refractivity contribution in [3.05, 3.63) is 34.9 Å². The van der Waals surface area contributed by atoms with Crippen LogP contribution in [0.5, 0.6) is 0 Å². The van der Waals surface area contributed by atoms with Crippen molar-refractivity contribution in [2.45, 2.75) is 32.1 Å². The summed E-state index contributed by atoms with van der Waals surface area (Å²) in [6.07, 6.45) is 2.35. The van der Waals surface area contributed by atoms with Crippen LogP contribution in [0.4, 0.5) is 0 Å². The Labute approximate surface area is 143 Å². The maximum absolute atomic E-state index is 5.92. The van der Waals surface area contributed by atoms with E-state index in [1.807, 2.05) is 12.1 Å². The van der Waals surface area contributed by atoms with Gasteiger partial charge in [-0.3, -0.25) is 4.99 Å². The lowest BCUT2D eigenvalue weighted by molar-refractivity contribution is 0.619. The average Bonchev–Trinajstić information content (AvgIpc) is 3.16. The predicted molar refractivity (Wildman–Crippen MR) is 97.1 cm³/mol. The van der Waals surface area contributed by atoms with Crippen molar-refractivity contribution >= 4 is 41.5 Å². The summed E-state index contributed by atoms with van der Waals surface area (Å²) in [5.74, 6) is 1.12. The smallest absolute Gasteiger partial charge is 0.188 e. The molecule has 1 aromatic rings. The van der Waals surface area contributed by atoms with Crippen LogP contribution in [0.2, 0.25) is 5.02 Å². The summed E-state index contributed by atoms with van der Waals surface area (Å²) in [7, 11) is 0. The molecule has 0 atom stereocenters. The fourth-order valence-corrected chi connectivity index (χ4v) is 2.22. The topological polar surface area (TPSA) is 50.4 Å².